The normalized spacial score (nSPS) is 13.9. The van der Waals surface area contributed by atoms with E-state index in [1.807, 2.05) is 0 Å². The highest BCUT2D eigenvalue weighted by molar-refractivity contribution is 9.10. The van der Waals surface area contributed by atoms with Gasteiger partial charge in [-0.1, -0.05) is 0 Å². The molecule has 0 fully saturated rings. The number of halogens is 2. The molecule has 1 unspecified atom stereocenters. The Bertz CT molecular complexity index is 548. The minimum absolute atomic E-state index is 0.0634. The van der Waals surface area contributed by atoms with Crippen molar-refractivity contribution in [3.05, 3.63) is 22.4 Å². The molecule has 0 aliphatic heterocycles. The van der Waals surface area contributed by atoms with Crippen molar-refractivity contribution in [3.63, 3.8) is 0 Å². The largest absolute Gasteiger partial charge is 0.396 e. The number of rotatable bonds is 4. The SMILES string of the molecule is CC(O)CN(C)S(=O)(=O)c1cc(N)c(F)cc1Br. The first-order chi connectivity index (χ1) is 8.16. The van der Waals surface area contributed by atoms with Crippen LogP contribution in [0.25, 0.3) is 0 Å². The van der Waals surface area contributed by atoms with E-state index in [9.17, 15) is 17.9 Å². The minimum Gasteiger partial charge on any atom is -0.396 e. The van der Waals surface area contributed by atoms with Crippen molar-refractivity contribution in [3.8, 4) is 0 Å². The van der Waals surface area contributed by atoms with E-state index in [1.54, 1.807) is 0 Å². The molecule has 3 N–H and O–H groups in total. The van der Waals surface area contributed by atoms with Gasteiger partial charge in [0.15, 0.2) is 0 Å². The van der Waals surface area contributed by atoms with Gasteiger partial charge in [0, 0.05) is 18.1 Å². The van der Waals surface area contributed by atoms with Gasteiger partial charge in [0.05, 0.1) is 16.7 Å². The van der Waals surface area contributed by atoms with Gasteiger partial charge in [-0.05, 0) is 35.0 Å². The third kappa shape index (κ3) is 3.19. The molecule has 0 amide bonds. The molecule has 1 aromatic rings. The summed E-state index contributed by atoms with van der Waals surface area (Å²) in [6.45, 7) is 1.41. The molecular weight excluding hydrogens is 327 g/mol. The van der Waals surface area contributed by atoms with Gasteiger partial charge < -0.3 is 10.8 Å². The number of sulfonamides is 1. The smallest absolute Gasteiger partial charge is 0.244 e. The average Bonchev–Trinajstić information content (AvgIpc) is 2.22. The van der Waals surface area contributed by atoms with Crippen LogP contribution < -0.4 is 5.73 Å². The fourth-order valence-electron chi connectivity index (χ4n) is 1.38. The van der Waals surface area contributed by atoms with E-state index in [0.29, 0.717) is 0 Å². The first-order valence-electron chi connectivity index (χ1n) is 5.05. The van der Waals surface area contributed by atoms with Crippen LogP contribution in [0.2, 0.25) is 0 Å². The lowest BCUT2D eigenvalue weighted by atomic mass is 10.3. The highest BCUT2D eigenvalue weighted by Gasteiger charge is 2.25. The van der Waals surface area contributed by atoms with Crippen LogP contribution in [0, 0.1) is 5.82 Å². The van der Waals surface area contributed by atoms with Crippen molar-refractivity contribution in [1.29, 1.82) is 0 Å². The van der Waals surface area contributed by atoms with Crippen molar-refractivity contribution in [2.75, 3.05) is 19.3 Å². The van der Waals surface area contributed by atoms with E-state index in [2.05, 4.69) is 15.9 Å². The summed E-state index contributed by atoms with van der Waals surface area (Å²) in [5, 5.41) is 9.20. The number of nitrogen functional groups attached to an aromatic ring is 1. The third-order valence-electron chi connectivity index (χ3n) is 2.26. The van der Waals surface area contributed by atoms with Crippen LogP contribution in [0.1, 0.15) is 6.92 Å². The molecule has 0 spiro atoms. The van der Waals surface area contributed by atoms with Crippen LogP contribution in [0.15, 0.2) is 21.5 Å². The van der Waals surface area contributed by atoms with E-state index >= 15 is 0 Å². The summed E-state index contributed by atoms with van der Waals surface area (Å²) < 4.78 is 38.5. The zero-order chi connectivity index (χ0) is 14.1. The number of anilines is 1. The Morgan fingerprint density at radius 3 is 2.61 bits per heavy atom. The molecule has 1 rings (SSSR count). The molecule has 0 aliphatic carbocycles. The van der Waals surface area contributed by atoms with Crippen LogP contribution in [-0.4, -0.2) is 37.5 Å². The summed E-state index contributed by atoms with van der Waals surface area (Å²) in [5.74, 6) is -0.695. The average molecular weight is 341 g/mol. The Balaban J connectivity index is 3.24. The standard InChI is InChI=1S/C10H14BrFN2O3S/c1-6(15)5-14(2)18(16,17)10-4-9(13)8(12)3-7(10)11/h3-4,6,15H,5,13H2,1-2H3. The topological polar surface area (TPSA) is 83.6 Å². The number of nitrogens with two attached hydrogens (primary N) is 1. The van der Waals surface area contributed by atoms with Gasteiger partial charge in [-0.25, -0.2) is 12.8 Å². The maximum absolute atomic E-state index is 13.2. The molecule has 1 atom stereocenters. The number of aliphatic hydroxyl groups excluding tert-OH is 1. The molecule has 0 radical (unpaired) electrons. The number of hydrogen-bond acceptors (Lipinski definition) is 4. The van der Waals surface area contributed by atoms with E-state index in [-0.39, 0.29) is 21.6 Å². The maximum Gasteiger partial charge on any atom is 0.244 e. The highest BCUT2D eigenvalue weighted by Crippen LogP contribution is 2.28. The summed E-state index contributed by atoms with van der Waals surface area (Å²) >= 11 is 2.99. The fourth-order valence-corrected chi connectivity index (χ4v) is 3.64. The van der Waals surface area contributed by atoms with Crippen molar-refractivity contribution >= 4 is 31.6 Å². The van der Waals surface area contributed by atoms with Crippen LogP contribution in [0.5, 0.6) is 0 Å². The number of hydrogen-bond donors (Lipinski definition) is 2. The lowest BCUT2D eigenvalue weighted by molar-refractivity contribution is 0.171. The van der Waals surface area contributed by atoms with Crippen LogP contribution in [-0.2, 0) is 10.0 Å². The van der Waals surface area contributed by atoms with Crippen molar-refractivity contribution < 1.29 is 17.9 Å². The Labute approximate surface area is 114 Å². The molecular formula is C10H14BrFN2O3S. The van der Waals surface area contributed by atoms with Gasteiger partial charge in [-0.15, -0.1) is 0 Å². The molecule has 18 heavy (non-hydrogen) atoms. The van der Waals surface area contributed by atoms with Crippen LogP contribution in [0.4, 0.5) is 10.1 Å². The van der Waals surface area contributed by atoms with Gasteiger partial charge in [-0.2, -0.15) is 4.31 Å². The van der Waals surface area contributed by atoms with Gasteiger partial charge in [-0.3, -0.25) is 0 Å². The summed E-state index contributed by atoms with van der Waals surface area (Å²) in [4.78, 5) is -0.135. The fraction of sp³-hybridized carbons (Fsp3) is 0.400. The Kier molecular flexibility index (Phi) is 4.71. The molecule has 0 saturated carbocycles. The van der Waals surface area contributed by atoms with Crippen molar-refractivity contribution in [1.82, 2.24) is 4.31 Å². The lowest BCUT2D eigenvalue weighted by Crippen LogP contribution is -2.33. The Morgan fingerprint density at radius 1 is 1.56 bits per heavy atom. The maximum atomic E-state index is 13.2. The van der Waals surface area contributed by atoms with Crippen LogP contribution >= 0.6 is 15.9 Å². The lowest BCUT2D eigenvalue weighted by Gasteiger charge is -2.19. The van der Waals surface area contributed by atoms with Gasteiger partial charge in [0.1, 0.15) is 5.82 Å². The Morgan fingerprint density at radius 2 is 2.11 bits per heavy atom. The molecule has 5 nitrogen and oxygen atoms in total. The molecule has 8 heteroatoms. The number of nitrogens with zero attached hydrogens (tertiary/aromatic N) is 1. The molecule has 0 aromatic heterocycles. The van der Waals surface area contributed by atoms with Crippen molar-refractivity contribution in [2.24, 2.45) is 0 Å². The number of likely N-dealkylation sites (N-methyl/N-ethyl adjacent to an activating group) is 1. The Hall–Kier alpha value is -0.700. The monoisotopic (exact) mass is 340 g/mol. The second-order valence-electron chi connectivity index (χ2n) is 3.94. The summed E-state index contributed by atoms with van der Waals surface area (Å²) in [6, 6.07) is 2.05. The first-order valence-corrected chi connectivity index (χ1v) is 7.28. The molecule has 0 aliphatic rings. The second kappa shape index (κ2) is 5.52. The summed E-state index contributed by atoms with van der Waals surface area (Å²) in [6.07, 6.45) is -0.804. The molecule has 0 saturated heterocycles. The zero-order valence-electron chi connectivity index (χ0n) is 9.89. The second-order valence-corrected chi connectivity index (χ2v) is 6.81. The van der Waals surface area contributed by atoms with E-state index < -0.39 is 21.9 Å². The molecule has 102 valence electrons. The molecule has 0 heterocycles. The van der Waals surface area contributed by atoms with E-state index in [1.165, 1.54) is 14.0 Å². The van der Waals surface area contributed by atoms with Gasteiger partial charge >= 0.3 is 0 Å². The molecule has 1 aromatic carbocycles. The summed E-state index contributed by atoms with van der Waals surface area (Å²) in [7, 11) is -2.50. The predicted molar refractivity (Wildman–Crippen MR) is 70.0 cm³/mol. The van der Waals surface area contributed by atoms with Crippen LogP contribution in [0.3, 0.4) is 0 Å². The minimum atomic E-state index is -3.82. The van der Waals surface area contributed by atoms with Gasteiger partial charge in [0.25, 0.3) is 0 Å². The summed E-state index contributed by atoms with van der Waals surface area (Å²) in [5.41, 5.74) is 5.11. The molecule has 0 bridgehead atoms. The van der Waals surface area contributed by atoms with E-state index in [0.717, 1.165) is 16.4 Å². The zero-order valence-corrected chi connectivity index (χ0v) is 12.3. The van der Waals surface area contributed by atoms with Crippen molar-refractivity contribution in [2.45, 2.75) is 17.9 Å². The first kappa shape index (κ1) is 15.4. The predicted octanol–water partition coefficient (Wildman–Crippen LogP) is 1.17. The highest BCUT2D eigenvalue weighted by atomic mass is 79.9. The van der Waals surface area contributed by atoms with E-state index in [4.69, 9.17) is 5.73 Å². The number of aliphatic hydroxyl groups is 1. The quantitative estimate of drug-likeness (QED) is 0.806. The van der Waals surface area contributed by atoms with Gasteiger partial charge in [0.2, 0.25) is 10.0 Å². The third-order valence-corrected chi connectivity index (χ3v) is 5.04. The number of benzene rings is 1.